The molecule has 1 amide bonds. The normalized spacial score (nSPS) is 15.4. The molecule has 0 saturated carbocycles. The second-order valence-electron chi connectivity index (χ2n) is 5.62. The summed E-state index contributed by atoms with van der Waals surface area (Å²) in [6, 6.07) is 0. The van der Waals surface area contributed by atoms with Crippen molar-refractivity contribution in [2.24, 2.45) is 0 Å². The molecule has 1 aromatic rings. The van der Waals surface area contributed by atoms with Crippen molar-refractivity contribution < 1.29 is 18.0 Å². The molecule has 3 N–H and O–H groups in total. The highest BCUT2D eigenvalue weighted by atomic mass is 19.4. The Balaban J connectivity index is 2.25. The Morgan fingerprint density at radius 3 is 2.62 bits per heavy atom. The van der Waals surface area contributed by atoms with Gasteiger partial charge in [0.1, 0.15) is 6.54 Å². The van der Waals surface area contributed by atoms with Crippen LogP contribution in [0.3, 0.4) is 0 Å². The predicted molar refractivity (Wildman–Crippen MR) is 82.6 cm³/mol. The van der Waals surface area contributed by atoms with Gasteiger partial charge in [0.15, 0.2) is 5.69 Å². The van der Waals surface area contributed by atoms with Gasteiger partial charge in [-0.15, -0.1) is 0 Å². The van der Waals surface area contributed by atoms with E-state index in [2.05, 4.69) is 15.7 Å². The van der Waals surface area contributed by atoms with Crippen LogP contribution in [-0.4, -0.2) is 28.9 Å². The van der Waals surface area contributed by atoms with Crippen molar-refractivity contribution in [3.05, 3.63) is 28.3 Å². The molecule has 0 saturated heterocycles. The molecule has 132 valence electrons. The molecule has 1 heterocycles. The number of fused-ring (bicyclic) bond motifs is 1. The third kappa shape index (κ3) is 3.77. The fourth-order valence-electron chi connectivity index (χ4n) is 2.73. The van der Waals surface area contributed by atoms with Gasteiger partial charge >= 0.3 is 6.18 Å². The minimum Gasteiger partial charge on any atom is -0.390 e. The van der Waals surface area contributed by atoms with Crippen LogP contribution in [0.5, 0.6) is 0 Å². The molecule has 24 heavy (non-hydrogen) atoms. The van der Waals surface area contributed by atoms with E-state index >= 15 is 0 Å². The fourth-order valence-corrected chi connectivity index (χ4v) is 2.73. The van der Waals surface area contributed by atoms with Crippen LogP contribution >= 0.6 is 0 Å². The summed E-state index contributed by atoms with van der Waals surface area (Å²) in [7, 11) is 1.64. The largest absolute Gasteiger partial charge is 0.435 e. The van der Waals surface area contributed by atoms with Gasteiger partial charge in [-0.2, -0.15) is 18.3 Å². The van der Waals surface area contributed by atoms with Crippen LogP contribution in [0, 0.1) is 5.41 Å². The van der Waals surface area contributed by atoms with Crippen molar-refractivity contribution in [1.82, 2.24) is 20.4 Å². The molecule has 0 atom stereocenters. The van der Waals surface area contributed by atoms with E-state index in [9.17, 15) is 18.0 Å². The average molecular weight is 343 g/mol. The van der Waals surface area contributed by atoms with E-state index in [0.717, 1.165) is 17.3 Å². The number of alkyl halides is 3. The number of amides is 1. The van der Waals surface area contributed by atoms with Crippen molar-refractivity contribution >= 4 is 12.1 Å². The molecular formula is C15H20F3N5O. The minimum atomic E-state index is -4.52. The van der Waals surface area contributed by atoms with Gasteiger partial charge < -0.3 is 16.0 Å². The lowest BCUT2D eigenvalue weighted by molar-refractivity contribution is -0.142. The molecule has 6 nitrogen and oxygen atoms in total. The maximum Gasteiger partial charge on any atom is 0.435 e. The first-order valence-corrected chi connectivity index (χ1v) is 7.62. The molecule has 0 radical (unpaired) electrons. The highest BCUT2D eigenvalue weighted by molar-refractivity contribution is 5.87. The molecule has 0 unspecified atom stereocenters. The van der Waals surface area contributed by atoms with E-state index in [-0.39, 0.29) is 17.8 Å². The zero-order chi connectivity index (χ0) is 17.9. The Bertz CT molecular complexity index is 675. The number of halogens is 3. The van der Waals surface area contributed by atoms with Gasteiger partial charge in [-0.3, -0.25) is 9.48 Å². The molecule has 1 aromatic heterocycles. The molecule has 1 aliphatic rings. The van der Waals surface area contributed by atoms with Crippen LogP contribution < -0.4 is 10.6 Å². The maximum absolute atomic E-state index is 13.1. The summed E-state index contributed by atoms with van der Waals surface area (Å²) in [5, 5.41) is 16.3. The summed E-state index contributed by atoms with van der Waals surface area (Å²) in [6.07, 6.45) is -1.27. The van der Waals surface area contributed by atoms with Gasteiger partial charge in [0, 0.05) is 30.2 Å². The molecule has 0 aromatic carbocycles. The molecule has 0 bridgehead atoms. The number of aromatic nitrogens is 2. The lowest BCUT2D eigenvalue weighted by atomic mass is 9.95. The molecule has 9 heteroatoms. The first-order valence-electron chi connectivity index (χ1n) is 7.62. The molecular weight excluding hydrogens is 323 g/mol. The maximum atomic E-state index is 13.1. The van der Waals surface area contributed by atoms with Crippen molar-refractivity contribution in [3.63, 3.8) is 0 Å². The number of rotatable bonds is 5. The van der Waals surface area contributed by atoms with Crippen molar-refractivity contribution in [1.29, 1.82) is 5.41 Å². The second kappa shape index (κ2) is 7.06. The van der Waals surface area contributed by atoms with Gasteiger partial charge in [-0.25, -0.2) is 0 Å². The van der Waals surface area contributed by atoms with Gasteiger partial charge in [-0.1, -0.05) is 0 Å². The van der Waals surface area contributed by atoms with Gasteiger partial charge in [0.25, 0.3) is 0 Å². The van der Waals surface area contributed by atoms with Crippen LogP contribution in [0.25, 0.3) is 0 Å². The zero-order valence-corrected chi connectivity index (χ0v) is 13.5. The van der Waals surface area contributed by atoms with Crippen LogP contribution in [0.2, 0.25) is 0 Å². The Morgan fingerprint density at radius 1 is 1.38 bits per heavy atom. The predicted octanol–water partition coefficient (Wildman–Crippen LogP) is 2.00. The van der Waals surface area contributed by atoms with Gasteiger partial charge in [0.2, 0.25) is 5.91 Å². The molecule has 2 rings (SSSR count). The number of nitrogens with zero attached hydrogens (tertiary/aromatic N) is 2. The summed E-state index contributed by atoms with van der Waals surface area (Å²) >= 11 is 0. The summed E-state index contributed by atoms with van der Waals surface area (Å²) in [6.45, 7) is 1.37. The number of allylic oxidation sites excluding steroid dienone is 2. The number of carbonyl (C=O) groups excluding carboxylic acids is 1. The van der Waals surface area contributed by atoms with E-state index in [1.54, 1.807) is 14.0 Å². The van der Waals surface area contributed by atoms with Gasteiger partial charge in [0.05, 0.1) is 5.70 Å². The van der Waals surface area contributed by atoms with E-state index in [1.807, 2.05) is 0 Å². The van der Waals surface area contributed by atoms with Crippen molar-refractivity contribution in [3.8, 4) is 0 Å². The number of hydrogen-bond donors (Lipinski definition) is 3. The Morgan fingerprint density at radius 2 is 2.04 bits per heavy atom. The SMILES string of the molecule is CN/C(C)=C(\C=N)NC(=O)Cn1nc(C(F)(F)F)c2c1CCCC2. The number of carbonyl (C=O) groups is 1. The Kier molecular flexibility index (Phi) is 5.30. The van der Waals surface area contributed by atoms with Gasteiger partial charge in [-0.05, 0) is 32.6 Å². The topological polar surface area (TPSA) is 82.8 Å². The monoisotopic (exact) mass is 343 g/mol. The highest BCUT2D eigenvalue weighted by Crippen LogP contribution is 2.35. The van der Waals surface area contributed by atoms with Crippen LogP contribution in [0.15, 0.2) is 11.4 Å². The first kappa shape index (κ1) is 18.0. The molecule has 0 fully saturated rings. The van der Waals surface area contributed by atoms with E-state index in [0.29, 0.717) is 30.7 Å². The number of hydrogen-bond acceptors (Lipinski definition) is 4. The quantitative estimate of drug-likeness (QED) is 0.715. The summed E-state index contributed by atoms with van der Waals surface area (Å²) < 4.78 is 40.5. The lowest BCUT2D eigenvalue weighted by Gasteiger charge is -2.15. The molecule has 0 spiro atoms. The fraction of sp³-hybridized carbons (Fsp3) is 0.533. The highest BCUT2D eigenvalue weighted by Gasteiger charge is 2.39. The van der Waals surface area contributed by atoms with E-state index in [4.69, 9.17) is 5.41 Å². The van der Waals surface area contributed by atoms with E-state index < -0.39 is 17.8 Å². The van der Waals surface area contributed by atoms with Crippen molar-refractivity contribution in [2.45, 2.75) is 45.3 Å². The molecule has 0 aliphatic heterocycles. The summed E-state index contributed by atoms with van der Waals surface area (Å²) in [5.74, 6) is -0.521. The standard InChI is InChI=1S/C15H20F3N5O/c1-9(20-2)11(7-19)21-13(24)8-23-12-6-4-3-5-10(12)14(22-23)15(16,17)18/h7,19-20H,3-6,8H2,1-2H3,(H,21,24)/b11-9+,19-7?. The third-order valence-electron chi connectivity index (χ3n) is 4.02. The first-order chi connectivity index (χ1) is 11.3. The number of nitrogens with one attached hydrogen (secondary N) is 3. The average Bonchev–Trinajstić information content (AvgIpc) is 2.91. The van der Waals surface area contributed by atoms with E-state index in [1.165, 1.54) is 0 Å². The van der Waals surface area contributed by atoms with Crippen molar-refractivity contribution in [2.75, 3.05) is 7.05 Å². The van der Waals surface area contributed by atoms with Crippen LogP contribution in [-0.2, 0) is 30.4 Å². The lowest BCUT2D eigenvalue weighted by Crippen LogP contribution is -2.31. The second-order valence-corrected chi connectivity index (χ2v) is 5.62. The zero-order valence-electron chi connectivity index (χ0n) is 13.5. The smallest absolute Gasteiger partial charge is 0.390 e. The Hall–Kier alpha value is -2.32. The third-order valence-corrected chi connectivity index (χ3v) is 4.02. The minimum absolute atomic E-state index is 0.204. The van der Waals surface area contributed by atoms with Crippen LogP contribution in [0.1, 0.15) is 36.7 Å². The van der Waals surface area contributed by atoms with Crippen LogP contribution in [0.4, 0.5) is 13.2 Å². The molecule has 1 aliphatic carbocycles. The summed E-state index contributed by atoms with van der Waals surface area (Å²) in [5.41, 5.74) is 0.640. The Labute approximate surface area is 137 Å². The summed E-state index contributed by atoms with van der Waals surface area (Å²) in [4.78, 5) is 12.1.